The third-order valence-electron chi connectivity index (χ3n) is 2.99. The second-order valence-corrected chi connectivity index (χ2v) is 5.81. The summed E-state index contributed by atoms with van der Waals surface area (Å²) in [7, 11) is 0. The lowest BCUT2D eigenvalue weighted by atomic mass is 9.50. The molecule has 0 radical (unpaired) electrons. The summed E-state index contributed by atoms with van der Waals surface area (Å²) >= 11 is 11.8. The van der Waals surface area contributed by atoms with Gasteiger partial charge in [-0.1, -0.05) is 37.4 Å². The summed E-state index contributed by atoms with van der Waals surface area (Å²) in [6.07, 6.45) is 0.767. The number of rotatable bonds is 4. The van der Waals surface area contributed by atoms with Crippen molar-refractivity contribution < 1.29 is 9.47 Å². The average molecular weight is 287 g/mol. The highest BCUT2D eigenvalue weighted by atomic mass is 35.5. The van der Waals surface area contributed by atoms with E-state index in [1.165, 1.54) is 0 Å². The smallest absolute Gasteiger partial charge is 0.188 e. The summed E-state index contributed by atoms with van der Waals surface area (Å²) in [5.41, 5.74) is 1.01. The van der Waals surface area contributed by atoms with Gasteiger partial charge in [0, 0.05) is 10.6 Å². The largest absolute Gasteiger partial charge is 0.344 e. The molecule has 1 fully saturated rings. The third kappa shape index (κ3) is 3.02. The molecule has 1 aromatic carbocycles. The summed E-state index contributed by atoms with van der Waals surface area (Å²) in [4.78, 5) is 0. The van der Waals surface area contributed by atoms with Crippen LogP contribution in [0.15, 0.2) is 24.3 Å². The minimum absolute atomic E-state index is 0.0407. The molecule has 0 spiro atoms. The molecule has 0 aromatic heterocycles. The number of benzene rings is 1. The van der Waals surface area contributed by atoms with Crippen LogP contribution < -0.4 is 0 Å². The minimum atomic E-state index is -0.668. The number of alkyl halides is 1. The predicted molar refractivity (Wildman–Crippen MR) is 77.0 cm³/mol. The van der Waals surface area contributed by atoms with Crippen LogP contribution in [0.5, 0.6) is 0 Å². The zero-order chi connectivity index (χ0) is 13.2. The van der Waals surface area contributed by atoms with Gasteiger partial charge in [-0.25, -0.2) is 0 Å². The van der Waals surface area contributed by atoms with E-state index in [0.717, 1.165) is 11.9 Å². The van der Waals surface area contributed by atoms with E-state index in [9.17, 15) is 0 Å². The van der Waals surface area contributed by atoms with Gasteiger partial charge in [-0.05, 0) is 18.5 Å². The predicted octanol–water partition coefficient (Wildman–Crippen LogP) is 3.90. The summed E-state index contributed by atoms with van der Waals surface area (Å²) in [6.45, 7) is 5.31. The zero-order valence-electron chi connectivity index (χ0n) is 10.7. The Balaban J connectivity index is 2.28. The molecule has 2 nitrogen and oxygen atoms in total. The number of ether oxygens (including phenoxy) is 2. The van der Waals surface area contributed by atoms with Crippen LogP contribution in [0, 0.1) is 0 Å². The van der Waals surface area contributed by atoms with E-state index < -0.39 is 5.79 Å². The Hall–Kier alpha value is -0.215. The first-order valence-electron chi connectivity index (χ1n) is 6.19. The van der Waals surface area contributed by atoms with E-state index in [4.69, 9.17) is 32.7 Å². The van der Waals surface area contributed by atoms with Crippen molar-refractivity contribution >= 4 is 29.9 Å². The van der Waals surface area contributed by atoms with Crippen LogP contribution in [0.4, 0.5) is 0 Å². The van der Waals surface area contributed by atoms with Crippen molar-refractivity contribution in [1.82, 2.24) is 0 Å². The molecule has 1 saturated heterocycles. The van der Waals surface area contributed by atoms with Crippen LogP contribution in [0.3, 0.4) is 0 Å². The topological polar surface area (TPSA) is 18.5 Å². The molecule has 0 aliphatic carbocycles. The highest BCUT2D eigenvalue weighted by molar-refractivity contribution is 6.55. The minimum Gasteiger partial charge on any atom is -0.344 e. The maximum Gasteiger partial charge on any atom is 0.188 e. The molecule has 1 heterocycles. The Labute approximate surface area is 119 Å². The lowest BCUT2D eigenvalue weighted by Gasteiger charge is -2.29. The van der Waals surface area contributed by atoms with E-state index in [1.54, 1.807) is 0 Å². The van der Waals surface area contributed by atoms with E-state index in [2.05, 4.69) is 13.6 Å². The van der Waals surface area contributed by atoms with E-state index in [-0.39, 0.29) is 6.10 Å². The van der Waals surface area contributed by atoms with Crippen molar-refractivity contribution in [1.29, 1.82) is 0 Å². The van der Waals surface area contributed by atoms with Gasteiger partial charge in [-0.2, -0.15) is 0 Å². The molecule has 0 bridgehead atoms. The number of halogens is 2. The monoisotopic (exact) mass is 286 g/mol. The van der Waals surface area contributed by atoms with Gasteiger partial charge in [0.15, 0.2) is 5.79 Å². The van der Waals surface area contributed by atoms with Gasteiger partial charge in [-0.3, -0.25) is 0 Å². The van der Waals surface area contributed by atoms with Gasteiger partial charge in [-0.15, -0.1) is 11.6 Å². The normalized spacial score (nSPS) is 27.4. The Morgan fingerprint density at radius 2 is 2.00 bits per heavy atom. The highest BCUT2D eigenvalue weighted by Gasteiger charge is 2.43. The maximum atomic E-state index is 6.04. The van der Waals surface area contributed by atoms with Crippen LogP contribution >= 0.6 is 23.2 Å². The first-order valence-corrected chi connectivity index (χ1v) is 7.11. The van der Waals surface area contributed by atoms with E-state index in [1.807, 2.05) is 24.3 Å². The molecule has 2 rings (SSSR count). The Morgan fingerprint density at radius 3 is 2.50 bits per heavy atom. The molecular weight excluding hydrogens is 270 g/mol. The van der Waals surface area contributed by atoms with Crippen LogP contribution in [-0.4, -0.2) is 25.3 Å². The second-order valence-electron chi connectivity index (χ2n) is 5.06. The molecule has 0 N–H and O–H groups in total. The summed E-state index contributed by atoms with van der Waals surface area (Å²) < 4.78 is 12.0. The highest BCUT2D eigenvalue weighted by Crippen LogP contribution is 2.39. The molecule has 0 saturated carbocycles. The molecular formula is C13H17BCl2O2. The molecule has 1 aromatic rings. The van der Waals surface area contributed by atoms with Crippen molar-refractivity contribution in [2.75, 3.05) is 12.5 Å². The fourth-order valence-corrected chi connectivity index (χ4v) is 2.54. The first kappa shape index (κ1) is 14.2. The van der Waals surface area contributed by atoms with E-state index >= 15 is 0 Å². The zero-order valence-corrected chi connectivity index (χ0v) is 12.2. The Kier molecular flexibility index (Phi) is 4.60. The maximum absolute atomic E-state index is 6.04. The SMILES string of the molecule is CB(C)C[C@]1(c2ccc(Cl)cc2)OC[C@@H](CCl)O1. The molecule has 98 valence electrons. The fraction of sp³-hybridized carbons (Fsp3) is 0.538. The van der Waals surface area contributed by atoms with Gasteiger partial charge in [0.05, 0.1) is 18.6 Å². The van der Waals surface area contributed by atoms with Gasteiger partial charge < -0.3 is 9.47 Å². The van der Waals surface area contributed by atoms with Crippen molar-refractivity contribution in [3.05, 3.63) is 34.9 Å². The second kappa shape index (κ2) is 5.83. The lowest BCUT2D eigenvalue weighted by Crippen LogP contribution is -2.32. The van der Waals surface area contributed by atoms with Crippen molar-refractivity contribution in [3.8, 4) is 0 Å². The number of hydrogen-bond donors (Lipinski definition) is 0. The van der Waals surface area contributed by atoms with Crippen molar-refractivity contribution in [3.63, 3.8) is 0 Å². The van der Waals surface area contributed by atoms with Crippen LogP contribution in [0.2, 0.25) is 25.0 Å². The fourth-order valence-electron chi connectivity index (χ4n) is 2.26. The van der Waals surface area contributed by atoms with Gasteiger partial charge in [0.1, 0.15) is 6.71 Å². The van der Waals surface area contributed by atoms with Crippen molar-refractivity contribution in [2.24, 2.45) is 0 Å². The van der Waals surface area contributed by atoms with E-state index in [0.29, 0.717) is 24.2 Å². The Morgan fingerprint density at radius 1 is 1.33 bits per heavy atom. The summed E-state index contributed by atoms with van der Waals surface area (Å²) in [5, 5.41) is 0.713. The standard InChI is InChI=1S/C13H17BCl2O2/c1-14(2)9-13(17-8-12(7-15)18-13)10-3-5-11(16)6-4-10/h3-6,12H,7-9H2,1-2H3/t12-,13+/m1/s1. The first-order chi connectivity index (χ1) is 8.55. The van der Waals surface area contributed by atoms with Crippen LogP contribution in [0.25, 0.3) is 0 Å². The molecule has 18 heavy (non-hydrogen) atoms. The quantitative estimate of drug-likeness (QED) is 0.617. The van der Waals surface area contributed by atoms with Gasteiger partial charge >= 0.3 is 0 Å². The lowest BCUT2D eigenvalue weighted by molar-refractivity contribution is -0.159. The third-order valence-corrected chi connectivity index (χ3v) is 3.59. The van der Waals surface area contributed by atoms with Crippen LogP contribution in [-0.2, 0) is 15.3 Å². The molecule has 0 unspecified atom stereocenters. The van der Waals surface area contributed by atoms with Gasteiger partial charge in [0.25, 0.3) is 0 Å². The van der Waals surface area contributed by atoms with Gasteiger partial charge in [0.2, 0.25) is 0 Å². The summed E-state index contributed by atoms with van der Waals surface area (Å²) in [6, 6.07) is 7.64. The molecule has 1 aliphatic rings. The average Bonchev–Trinajstić information content (AvgIpc) is 2.73. The molecule has 0 amide bonds. The Bertz CT molecular complexity index is 396. The summed E-state index contributed by atoms with van der Waals surface area (Å²) in [5.74, 6) is -0.217. The molecule has 2 atom stereocenters. The molecule has 1 aliphatic heterocycles. The van der Waals surface area contributed by atoms with Crippen LogP contribution in [0.1, 0.15) is 5.56 Å². The molecule has 5 heteroatoms. The number of hydrogen-bond acceptors (Lipinski definition) is 2. The van der Waals surface area contributed by atoms with Crippen molar-refractivity contribution in [2.45, 2.75) is 31.9 Å².